The van der Waals surface area contributed by atoms with Crippen molar-refractivity contribution in [3.8, 4) is 11.4 Å². The van der Waals surface area contributed by atoms with Crippen LogP contribution in [-0.2, 0) is 6.18 Å². The lowest BCUT2D eigenvalue weighted by molar-refractivity contribution is -0.138. The van der Waals surface area contributed by atoms with Crippen LogP contribution in [0.3, 0.4) is 0 Å². The molecule has 34 heavy (non-hydrogen) atoms. The van der Waals surface area contributed by atoms with Crippen LogP contribution in [0.15, 0.2) is 65.6 Å². The second kappa shape index (κ2) is 8.79. The Bertz CT molecular complexity index is 1490. The van der Waals surface area contributed by atoms with Gasteiger partial charge in [-0.2, -0.15) is 23.0 Å². The van der Waals surface area contributed by atoms with Crippen molar-refractivity contribution in [3.05, 3.63) is 93.1 Å². The molecule has 0 bridgehead atoms. The summed E-state index contributed by atoms with van der Waals surface area (Å²) >= 11 is 6.05. The molecule has 0 aliphatic carbocycles. The fourth-order valence-electron chi connectivity index (χ4n) is 3.36. The Morgan fingerprint density at radius 3 is 2.44 bits per heavy atom. The number of hydrogen-bond donors (Lipinski definition) is 1. The van der Waals surface area contributed by atoms with Gasteiger partial charge in [-0.1, -0.05) is 41.9 Å². The number of anilines is 1. The standard InChI is InChI=1S/C23H14ClF4N3O3/c1-34-21-16(24)10-17(25)20(31-18(32)9-15(11-29-31)23(26,27)28)19(21)30-22(33)14-7-6-12-4-2-3-5-13(12)8-14/h2-11H,1H3,(H,30,33). The largest absolute Gasteiger partial charge is 0.493 e. The minimum absolute atomic E-state index is 0.194. The summed E-state index contributed by atoms with van der Waals surface area (Å²) in [5.41, 5.74) is -3.40. The van der Waals surface area contributed by atoms with Crippen LogP contribution < -0.4 is 15.6 Å². The summed E-state index contributed by atoms with van der Waals surface area (Å²) in [5.74, 6) is -2.03. The predicted octanol–water partition coefficient (Wildman–Crippen LogP) is 5.46. The fraction of sp³-hybridized carbons (Fsp3) is 0.0870. The molecule has 4 aromatic rings. The van der Waals surface area contributed by atoms with Gasteiger partial charge in [-0.15, -0.1) is 0 Å². The first-order valence-electron chi connectivity index (χ1n) is 9.63. The van der Waals surface area contributed by atoms with E-state index in [2.05, 4.69) is 10.4 Å². The smallest absolute Gasteiger partial charge is 0.418 e. The molecule has 0 spiro atoms. The van der Waals surface area contributed by atoms with Crippen LogP contribution in [0.25, 0.3) is 16.5 Å². The number of carbonyl (C=O) groups excluding carboxylic acids is 1. The van der Waals surface area contributed by atoms with Crippen molar-refractivity contribution in [2.45, 2.75) is 6.18 Å². The predicted molar refractivity (Wildman–Crippen MR) is 118 cm³/mol. The number of aromatic nitrogens is 2. The number of methoxy groups -OCH3 is 1. The van der Waals surface area contributed by atoms with Crippen LogP contribution in [0, 0.1) is 5.82 Å². The fourth-order valence-corrected chi connectivity index (χ4v) is 3.63. The Morgan fingerprint density at radius 1 is 1.09 bits per heavy atom. The maximum Gasteiger partial charge on any atom is 0.418 e. The number of halogens is 5. The first kappa shape index (κ1) is 23.2. The van der Waals surface area contributed by atoms with E-state index >= 15 is 0 Å². The average Bonchev–Trinajstić information content (AvgIpc) is 2.79. The van der Waals surface area contributed by atoms with Crippen molar-refractivity contribution in [3.63, 3.8) is 0 Å². The summed E-state index contributed by atoms with van der Waals surface area (Å²) in [5, 5.41) is 7.32. The van der Waals surface area contributed by atoms with Crippen LogP contribution in [0.2, 0.25) is 5.02 Å². The van der Waals surface area contributed by atoms with E-state index in [1.54, 1.807) is 24.3 Å². The number of nitrogens with one attached hydrogen (secondary N) is 1. The molecule has 1 aromatic heterocycles. The third-order valence-corrected chi connectivity index (χ3v) is 5.23. The second-order valence-electron chi connectivity index (χ2n) is 7.11. The molecular weight excluding hydrogens is 478 g/mol. The van der Waals surface area contributed by atoms with E-state index in [1.807, 2.05) is 12.1 Å². The molecule has 0 saturated carbocycles. The Morgan fingerprint density at radius 2 is 1.79 bits per heavy atom. The van der Waals surface area contributed by atoms with Crippen LogP contribution >= 0.6 is 11.6 Å². The van der Waals surface area contributed by atoms with Gasteiger partial charge >= 0.3 is 6.18 Å². The molecule has 0 fully saturated rings. The number of ether oxygens (including phenoxy) is 1. The molecule has 0 radical (unpaired) electrons. The zero-order valence-corrected chi connectivity index (χ0v) is 18.0. The highest BCUT2D eigenvalue weighted by molar-refractivity contribution is 6.33. The second-order valence-corrected chi connectivity index (χ2v) is 7.51. The van der Waals surface area contributed by atoms with Crippen molar-refractivity contribution < 1.29 is 27.1 Å². The van der Waals surface area contributed by atoms with Crippen molar-refractivity contribution in [1.82, 2.24) is 9.78 Å². The van der Waals surface area contributed by atoms with Crippen molar-refractivity contribution in [2.24, 2.45) is 0 Å². The van der Waals surface area contributed by atoms with Gasteiger partial charge < -0.3 is 10.1 Å². The summed E-state index contributed by atoms with van der Waals surface area (Å²) in [6.07, 6.45) is -4.45. The third kappa shape index (κ3) is 4.32. The van der Waals surface area contributed by atoms with Gasteiger partial charge in [-0.25, -0.2) is 4.39 Å². The molecule has 1 N–H and O–H groups in total. The molecule has 4 rings (SSSR count). The van der Waals surface area contributed by atoms with Crippen LogP contribution in [0.1, 0.15) is 15.9 Å². The van der Waals surface area contributed by atoms with E-state index in [9.17, 15) is 27.2 Å². The molecule has 174 valence electrons. The van der Waals surface area contributed by atoms with Gasteiger partial charge in [0.25, 0.3) is 11.5 Å². The van der Waals surface area contributed by atoms with E-state index in [1.165, 1.54) is 13.2 Å². The number of carbonyl (C=O) groups is 1. The van der Waals surface area contributed by atoms with Crippen molar-refractivity contribution >= 4 is 34.0 Å². The lowest BCUT2D eigenvalue weighted by Crippen LogP contribution is -2.26. The van der Waals surface area contributed by atoms with Gasteiger partial charge in [0.05, 0.1) is 23.9 Å². The number of alkyl halides is 3. The molecule has 1 heterocycles. The number of benzene rings is 3. The molecule has 0 aliphatic rings. The zero-order valence-electron chi connectivity index (χ0n) is 17.3. The molecule has 11 heteroatoms. The summed E-state index contributed by atoms with van der Waals surface area (Å²) in [4.78, 5) is 25.4. The number of rotatable bonds is 4. The quantitative estimate of drug-likeness (QED) is 0.385. The molecule has 6 nitrogen and oxygen atoms in total. The summed E-state index contributed by atoms with van der Waals surface area (Å²) in [7, 11) is 1.19. The van der Waals surface area contributed by atoms with E-state index in [-0.39, 0.29) is 28.1 Å². The Balaban J connectivity index is 1.85. The number of hydrogen-bond acceptors (Lipinski definition) is 4. The van der Waals surface area contributed by atoms with Crippen LogP contribution in [0.5, 0.6) is 5.75 Å². The third-order valence-electron chi connectivity index (χ3n) is 4.95. The lowest BCUT2D eigenvalue weighted by Gasteiger charge is -2.18. The monoisotopic (exact) mass is 491 g/mol. The Hall–Kier alpha value is -3.92. The van der Waals surface area contributed by atoms with E-state index in [0.717, 1.165) is 16.8 Å². The van der Waals surface area contributed by atoms with Crippen molar-refractivity contribution in [2.75, 3.05) is 12.4 Å². The molecular formula is C23H14ClF4N3O3. The first-order chi connectivity index (χ1) is 16.1. The zero-order chi connectivity index (χ0) is 24.6. The number of fused-ring (bicyclic) bond motifs is 1. The first-order valence-corrected chi connectivity index (χ1v) is 10.0. The highest BCUT2D eigenvalue weighted by atomic mass is 35.5. The number of amides is 1. The summed E-state index contributed by atoms with van der Waals surface area (Å²) in [6, 6.07) is 13.2. The maximum atomic E-state index is 15.0. The lowest BCUT2D eigenvalue weighted by atomic mass is 10.1. The minimum atomic E-state index is -4.82. The maximum absolute atomic E-state index is 15.0. The molecule has 0 saturated heterocycles. The highest BCUT2D eigenvalue weighted by Crippen LogP contribution is 2.39. The van der Waals surface area contributed by atoms with E-state index in [0.29, 0.717) is 10.9 Å². The van der Waals surface area contributed by atoms with Gasteiger partial charge in [0, 0.05) is 11.6 Å². The Labute approximate surface area is 194 Å². The molecule has 0 unspecified atom stereocenters. The van der Waals surface area contributed by atoms with E-state index < -0.39 is 34.7 Å². The van der Waals surface area contributed by atoms with Gasteiger partial charge in [-0.05, 0) is 29.0 Å². The van der Waals surface area contributed by atoms with Crippen LogP contribution in [-0.4, -0.2) is 22.8 Å². The van der Waals surface area contributed by atoms with Gasteiger partial charge in [0.1, 0.15) is 11.4 Å². The minimum Gasteiger partial charge on any atom is -0.493 e. The van der Waals surface area contributed by atoms with E-state index in [4.69, 9.17) is 16.3 Å². The molecule has 3 aromatic carbocycles. The summed E-state index contributed by atoms with van der Waals surface area (Å²) < 4.78 is 59.4. The van der Waals surface area contributed by atoms with Crippen LogP contribution in [0.4, 0.5) is 23.2 Å². The van der Waals surface area contributed by atoms with Crippen molar-refractivity contribution in [1.29, 1.82) is 0 Å². The average molecular weight is 492 g/mol. The molecule has 1 amide bonds. The van der Waals surface area contributed by atoms with Gasteiger partial charge in [-0.3, -0.25) is 9.59 Å². The normalized spacial score (nSPS) is 11.5. The van der Waals surface area contributed by atoms with Gasteiger partial charge in [0.2, 0.25) is 0 Å². The molecule has 0 atom stereocenters. The number of nitrogens with zero attached hydrogens (tertiary/aromatic N) is 2. The highest BCUT2D eigenvalue weighted by Gasteiger charge is 2.32. The topological polar surface area (TPSA) is 73.2 Å². The Kier molecular flexibility index (Phi) is 6.01. The SMILES string of the molecule is COc1c(Cl)cc(F)c(-n2ncc(C(F)(F)F)cc2=O)c1NC(=O)c1ccc2ccccc2c1. The summed E-state index contributed by atoms with van der Waals surface area (Å²) in [6.45, 7) is 0. The molecule has 0 aliphatic heterocycles. The van der Waals surface area contributed by atoms with Gasteiger partial charge in [0.15, 0.2) is 11.6 Å².